The van der Waals surface area contributed by atoms with E-state index < -0.39 is 0 Å². The van der Waals surface area contributed by atoms with E-state index in [1.807, 2.05) is 18.2 Å². The Balaban J connectivity index is 1.89. The van der Waals surface area contributed by atoms with Crippen molar-refractivity contribution in [2.24, 2.45) is 0 Å². The first kappa shape index (κ1) is 11.6. The van der Waals surface area contributed by atoms with Crippen LogP contribution in [-0.2, 0) is 12.8 Å². The van der Waals surface area contributed by atoms with E-state index in [-0.39, 0.29) is 0 Å². The minimum Gasteiger partial charge on any atom is -0.368 e. The smallest absolute Gasteiger partial charge is 0.151 e. The van der Waals surface area contributed by atoms with E-state index in [4.69, 9.17) is 11.6 Å². The van der Waals surface area contributed by atoms with Gasteiger partial charge in [0, 0.05) is 29.2 Å². The molecule has 2 heterocycles. The van der Waals surface area contributed by atoms with Crippen LogP contribution in [-0.4, -0.2) is 16.7 Å². The van der Waals surface area contributed by atoms with E-state index in [1.54, 1.807) is 0 Å². The van der Waals surface area contributed by atoms with Crippen LogP contribution in [0.25, 0.3) is 0 Å². The molecule has 1 aromatic carbocycles. The molecule has 3 nitrogen and oxygen atoms in total. The molecule has 0 atom stereocenters. The maximum absolute atomic E-state index is 6.21. The third kappa shape index (κ3) is 2.23. The molecule has 0 unspecified atom stereocenters. The summed E-state index contributed by atoms with van der Waals surface area (Å²) in [5, 5.41) is 11.7. The molecule has 3 rings (SSSR count). The molecule has 0 amide bonds. The molecule has 2 N–H and O–H groups in total. The number of rotatable bonds is 2. The summed E-state index contributed by atoms with van der Waals surface area (Å²) in [4.78, 5) is 0. The molecule has 1 aromatic heterocycles. The van der Waals surface area contributed by atoms with Crippen LogP contribution in [0.15, 0.2) is 24.3 Å². The first-order valence-corrected chi connectivity index (χ1v) is 6.76. The van der Waals surface area contributed by atoms with Gasteiger partial charge in [0.25, 0.3) is 0 Å². The first-order chi connectivity index (χ1) is 8.84. The van der Waals surface area contributed by atoms with Crippen LogP contribution in [0.2, 0.25) is 5.02 Å². The third-order valence-corrected chi connectivity index (χ3v) is 3.79. The van der Waals surface area contributed by atoms with E-state index in [0.29, 0.717) is 0 Å². The summed E-state index contributed by atoms with van der Waals surface area (Å²) < 4.78 is 0. The molecule has 18 heavy (non-hydrogen) atoms. The van der Waals surface area contributed by atoms with E-state index >= 15 is 0 Å². The second-order valence-corrected chi connectivity index (χ2v) is 5.09. The van der Waals surface area contributed by atoms with Crippen LogP contribution in [0.5, 0.6) is 0 Å². The Hall–Kier alpha value is -1.48. The summed E-state index contributed by atoms with van der Waals surface area (Å²) in [6, 6.07) is 7.99. The normalized spacial score (nSPS) is 14.7. The summed E-state index contributed by atoms with van der Waals surface area (Å²) >= 11 is 6.21. The first-order valence-electron chi connectivity index (χ1n) is 6.38. The van der Waals surface area contributed by atoms with Crippen molar-refractivity contribution in [3.05, 3.63) is 46.1 Å². The Morgan fingerprint density at radius 1 is 1.22 bits per heavy atom. The van der Waals surface area contributed by atoms with Gasteiger partial charge in [-0.25, -0.2) is 0 Å². The van der Waals surface area contributed by atoms with Crippen molar-refractivity contribution < 1.29 is 0 Å². The number of aromatic nitrogens is 2. The molecule has 4 heteroatoms. The van der Waals surface area contributed by atoms with E-state index in [9.17, 15) is 0 Å². The number of hydrogen-bond acceptors (Lipinski definition) is 2. The molecule has 0 saturated heterocycles. The fraction of sp³-hybridized carbons (Fsp3) is 0.357. The van der Waals surface area contributed by atoms with Crippen molar-refractivity contribution in [1.29, 1.82) is 0 Å². The van der Waals surface area contributed by atoms with Crippen LogP contribution < -0.4 is 5.32 Å². The summed E-state index contributed by atoms with van der Waals surface area (Å²) in [7, 11) is 0. The van der Waals surface area contributed by atoms with Gasteiger partial charge < -0.3 is 5.32 Å². The Morgan fingerprint density at radius 2 is 2.11 bits per heavy atom. The molecule has 0 saturated carbocycles. The monoisotopic (exact) mass is 261 g/mol. The van der Waals surface area contributed by atoms with Crippen molar-refractivity contribution in [3.8, 4) is 0 Å². The lowest BCUT2D eigenvalue weighted by atomic mass is 10.0. The molecular formula is C14H16ClN3. The number of halogens is 1. The molecular weight excluding hydrogens is 246 g/mol. The quantitative estimate of drug-likeness (QED) is 0.870. The molecule has 0 radical (unpaired) electrons. The molecule has 0 fully saturated rings. The van der Waals surface area contributed by atoms with Crippen molar-refractivity contribution >= 4 is 17.4 Å². The number of anilines is 1. The average molecular weight is 262 g/mol. The molecule has 0 aliphatic carbocycles. The van der Waals surface area contributed by atoms with E-state index in [1.165, 1.54) is 24.1 Å². The Kier molecular flexibility index (Phi) is 3.24. The fourth-order valence-corrected chi connectivity index (χ4v) is 2.63. The van der Waals surface area contributed by atoms with Crippen LogP contribution >= 0.6 is 11.6 Å². The van der Waals surface area contributed by atoms with E-state index in [0.717, 1.165) is 35.8 Å². The number of H-pyrrole nitrogens is 1. The van der Waals surface area contributed by atoms with Gasteiger partial charge in [0.2, 0.25) is 0 Å². The summed E-state index contributed by atoms with van der Waals surface area (Å²) in [5.41, 5.74) is 3.66. The molecule has 0 spiro atoms. The van der Waals surface area contributed by atoms with Gasteiger partial charge in [-0.05, 0) is 30.9 Å². The molecule has 2 aromatic rings. The summed E-state index contributed by atoms with van der Waals surface area (Å²) in [6.07, 6.45) is 4.35. The summed E-state index contributed by atoms with van der Waals surface area (Å²) in [6.45, 7) is 1.02. The van der Waals surface area contributed by atoms with Gasteiger partial charge in [-0.3, -0.25) is 5.10 Å². The lowest BCUT2D eigenvalue weighted by molar-refractivity contribution is 0.775. The summed E-state index contributed by atoms with van der Waals surface area (Å²) in [5.74, 6) is 1.02. The number of fused-ring (bicyclic) bond motifs is 1. The fourth-order valence-electron chi connectivity index (χ4n) is 2.43. The van der Waals surface area contributed by atoms with Crippen molar-refractivity contribution in [3.63, 3.8) is 0 Å². The second-order valence-electron chi connectivity index (χ2n) is 4.68. The Morgan fingerprint density at radius 3 is 3.00 bits per heavy atom. The highest BCUT2D eigenvalue weighted by Crippen LogP contribution is 2.26. The highest BCUT2D eigenvalue weighted by molar-refractivity contribution is 6.31. The topological polar surface area (TPSA) is 40.7 Å². The van der Waals surface area contributed by atoms with Crippen molar-refractivity contribution in [2.75, 3.05) is 11.9 Å². The zero-order valence-electron chi connectivity index (χ0n) is 10.2. The van der Waals surface area contributed by atoms with Gasteiger partial charge in [0.1, 0.15) is 0 Å². The second kappa shape index (κ2) is 5.02. The maximum Gasteiger partial charge on any atom is 0.151 e. The number of nitrogens with zero attached hydrogens (tertiary/aromatic N) is 1. The lowest BCUT2D eigenvalue weighted by Gasteiger charge is -2.05. The molecule has 94 valence electrons. The van der Waals surface area contributed by atoms with Gasteiger partial charge in [-0.1, -0.05) is 29.8 Å². The predicted octanol–water partition coefficient (Wildman–Crippen LogP) is 3.40. The minimum atomic E-state index is 0.822. The van der Waals surface area contributed by atoms with Crippen molar-refractivity contribution in [1.82, 2.24) is 10.2 Å². The van der Waals surface area contributed by atoms with Gasteiger partial charge in [-0.15, -0.1) is 0 Å². The van der Waals surface area contributed by atoms with Crippen LogP contribution in [0.1, 0.15) is 29.7 Å². The maximum atomic E-state index is 6.21. The van der Waals surface area contributed by atoms with E-state index in [2.05, 4.69) is 21.6 Å². The molecule has 0 bridgehead atoms. The third-order valence-electron chi connectivity index (χ3n) is 3.42. The zero-order chi connectivity index (χ0) is 12.4. The number of benzene rings is 1. The van der Waals surface area contributed by atoms with Gasteiger partial charge in [0.15, 0.2) is 5.82 Å². The number of aromatic amines is 1. The van der Waals surface area contributed by atoms with Crippen LogP contribution in [0.4, 0.5) is 5.82 Å². The van der Waals surface area contributed by atoms with Gasteiger partial charge in [0.05, 0.1) is 0 Å². The molecule has 1 aliphatic heterocycles. The van der Waals surface area contributed by atoms with Crippen LogP contribution in [0, 0.1) is 0 Å². The molecule has 1 aliphatic rings. The van der Waals surface area contributed by atoms with Crippen LogP contribution in [0.3, 0.4) is 0 Å². The standard InChI is InChI=1S/C14H16ClN3/c15-12-7-2-1-5-10(12)9-13-11-6-3-4-8-16-14(11)18-17-13/h1-2,5,7H,3-4,6,8-9H2,(H2,16,17,18). The lowest BCUT2D eigenvalue weighted by Crippen LogP contribution is -1.99. The highest BCUT2D eigenvalue weighted by Gasteiger charge is 2.16. The Labute approximate surface area is 112 Å². The van der Waals surface area contributed by atoms with Crippen molar-refractivity contribution in [2.45, 2.75) is 25.7 Å². The minimum absolute atomic E-state index is 0.822. The number of nitrogens with one attached hydrogen (secondary N) is 2. The average Bonchev–Trinajstić information content (AvgIpc) is 2.62. The largest absolute Gasteiger partial charge is 0.368 e. The number of hydrogen-bond donors (Lipinski definition) is 2. The van der Waals surface area contributed by atoms with Gasteiger partial charge >= 0.3 is 0 Å². The Bertz CT molecular complexity index is 548. The van der Waals surface area contributed by atoms with Gasteiger partial charge in [-0.2, -0.15) is 5.10 Å². The zero-order valence-corrected chi connectivity index (χ0v) is 10.9. The highest BCUT2D eigenvalue weighted by atomic mass is 35.5. The SMILES string of the molecule is Clc1ccccc1Cc1[nH]nc2c1CCCCN2. The predicted molar refractivity (Wildman–Crippen MR) is 74.3 cm³/mol.